The minimum Gasteiger partial charge on any atom is -0.442 e. The first-order chi connectivity index (χ1) is 12.7. The molecule has 9 nitrogen and oxygen atoms in total. The van der Waals surface area contributed by atoms with Crippen LogP contribution in [0.2, 0.25) is 0 Å². The van der Waals surface area contributed by atoms with Crippen molar-refractivity contribution < 1.29 is 27.1 Å². The van der Waals surface area contributed by atoms with Gasteiger partial charge in [-0.15, -0.1) is 0 Å². The lowest BCUT2D eigenvalue weighted by atomic mass is 10.2. The van der Waals surface area contributed by atoms with Gasteiger partial charge >= 0.3 is 16.3 Å². The molecule has 0 aromatic heterocycles. The normalized spacial score (nSPS) is 22.6. The quantitative estimate of drug-likeness (QED) is 0.801. The molecule has 0 bridgehead atoms. The van der Waals surface area contributed by atoms with Crippen LogP contribution in [0.3, 0.4) is 0 Å². The Morgan fingerprint density at radius 2 is 2.11 bits per heavy atom. The molecule has 0 spiro atoms. The van der Waals surface area contributed by atoms with E-state index in [1.807, 2.05) is 0 Å². The van der Waals surface area contributed by atoms with Crippen LogP contribution in [0.25, 0.3) is 0 Å². The molecule has 0 radical (unpaired) electrons. The fourth-order valence-electron chi connectivity index (χ4n) is 3.04. The summed E-state index contributed by atoms with van der Waals surface area (Å²) in [5, 5.41) is 2.56. The molecule has 27 heavy (non-hydrogen) atoms. The third kappa shape index (κ3) is 3.83. The van der Waals surface area contributed by atoms with Gasteiger partial charge < -0.3 is 10.1 Å². The van der Waals surface area contributed by atoms with E-state index in [-0.39, 0.29) is 36.9 Å². The lowest BCUT2D eigenvalue weighted by molar-refractivity contribution is -0.119. The summed E-state index contributed by atoms with van der Waals surface area (Å²) in [6.45, 7) is 2.25. The summed E-state index contributed by atoms with van der Waals surface area (Å²) >= 11 is 0. The molecule has 2 heterocycles. The van der Waals surface area contributed by atoms with E-state index < -0.39 is 28.2 Å². The van der Waals surface area contributed by atoms with Crippen LogP contribution in [0.1, 0.15) is 13.3 Å². The Labute approximate surface area is 156 Å². The number of nitrogens with one attached hydrogen (secondary N) is 1. The highest BCUT2D eigenvalue weighted by Crippen LogP contribution is 2.31. The van der Waals surface area contributed by atoms with Crippen molar-refractivity contribution in [3.8, 4) is 0 Å². The summed E-state index contributed by atoms with van der Waals surface area (Å²) in [5.74, 6) is -0.989. The van der Waals surface area contributed by atoms with Crippen LogP contribution in [-0.4, -0.2) is 64.1 Å². The first-order valence-electron chi connectivity index (χ1n) is 8.46. The molecule has 148 valence electrons. The second-order valence-electron chi connectivity index (χ2n) is 6.44. The molecule has 3 rings (SSSR count). The van der Waals surface area contributed by atoms with E-state index in [0.717, 1.165) is 10.4 Å². The number of hydrogen-bond acceptors (Lipinski definition) is 5. The van der Waals surface area contributed by atoms with Gasteiger partial charge in [0.15, 0.2) is 0 Å². The Morgan fingerprint density at radius 1 is 1.37 bits per heavy atom. The Hall–Kier alpha value is -2.40. The van der Waals surface area contributed by atoms with E-state index in [1.54, 1.807) is 0 Å². The highest BCUT2D eigenvalue weighted by Gasteiger charge is 2.35. The van der Waals surface area contributed by atoms with Crippen LogP contribution in [0.4, 0.5) is 20.6 Å². The molecular weight excluding hydrogens is 379 g/mol. The van der Waals surface area contributed by atoms with Crippen LogP contribution >= 0.6 is 0 Å². The van der Waals surface area contributed by atoms with Gasteiger partial charge in [-0.2, -0.15) is 12.7 Å². The molecule has 1 aromatic rings. The molecule has 1 atom stereocenters. The predicted octanol–water partition coefficient (Wildman–Crippen LogP) is 0.674. The number of carbonyl (C=O) groups is 2. The highest BCUT2D eigenvalue weighted by molar-refractivity contribution is 7.90. The molecule has 2 aliphatic heterocycles. The van der Waals surface area contributed by atoms with E-state index in [9.17, 15) is 22.4 Å². The topological polar surface area (TPSA) is 99.3 Å². The number of hydrogen-bond donors (Lipinski definition) is 1. The summed E-state index contributed by atoms with van der Waals surface area (Å²) in [4.78, 5) is 24.2. The van der Waals surface area contributed by atoms with Gasteiger partial charge in [-0.3, -0.25) is 14.0 Å². The van der Waals surface area contributed by atoms with E-state index in [0.29, 0.717) is 13.0 Å². The van der Waals surface area contributed by atoms with Crippen molar-refractivity contribution in [3.63, 3.8) is 0 Å². The zero-order valence-electron chi connectivity index (χ0n) is 15.0. The fourth-order valence-corrected chi connectivity index (χ4v) is 4.50. The fraction of sp³-hybridized carbons (Fsp3) is 0.500. The van der Waals surface area contributed by atoms with Crippen molar-refractivity contribution >= 4 is 33.6 Å². The van der Waals surface area contributed by atoms with Gasteiger partial charge in [0.05, 0.1) is 24.5 Å². The smallest absolute Gasteiger partial charge is 0.414 e. The van der Waals surface area contributed by atoms with Crippen molar-refractivity contribution in [3.05, 3.63) is 24.0 Å². The molecule has 0 saturated carbocycles. The summed E-state index contributed by atoms with van der Waals surface area (Å²) in [6, 6.07) is 3.93. The standard InChI is InChI=1S/C16H21FN4O5S/c1-11(22)18-9-13-10-20(16(23)26-13)12-4-5-15(14(17)8-12)21-7-3-6-19(2)27(21,24)25/h4-5,8,13H,3,6-7,9-10H2,1-2H3,(H,18,22)/t13-/m0/s1. The van der Waals surface area contributed by atoms with Crippen molar-refractivity contribution in [1.29, 1.82) is 0 Å². The number of rotatable bonds is 4. The van der Waals surface area contributed by atoms with Gasteiger partial charge in [0.25, 0.3) is 0 Å². The first kappa shape index (κ1) is 19.4. The monoisotopic (exact) mass is 400 g/mol. The summed E-state index contributed by atoms with van der Waals surface area (Å²) in [5.41, 5.74) is 0.196. The molecule has 0 unspecified atom stereocenters. The number of anilines is 2. The number of amides is 2. The summed E-state index contributed by atoms with van der Waals surface area (Å²) in [6.07, 6.45) is -0.608. The molecular formula is C16H21FN4O5S. The van der Waals surface area contributed by atoms with Crippen LogP contribution < -0.4 is 14.5 Å². The number of carbonyl (C=O) groups excluding carboxylic acids is 2. The van der Waals surface area contributed by atoms with E-state index >= 15 is 0 Å². The first-order valence-corrected chi connectivity index (χ1v) is 9.86. The predicted molar refractivity (Wildman–Crippen MR) is 96.2 cm³/mol. The van der Waals surface area contributed by atoms with Gasteiger partial charge in [-0.25, -0.2) is 9.18 Å². The van der Waals surface area contributed by atoms with Crippen molar-refractivity contribution in [2.24, 2.45) is 0 Å². The molecule has 2 amide bonds. The summed E-state index contributed by atoms with van der Waals surface area (Å²) in [7, 11) is -2.32. The molecule has 2 fully saturated rings. The lowest BCUT2D eigenvalue weighted by Gasteiger charge is -2.34. The van der Waals surface area contributed by atoms with Crippen molar-refractivity contribution in [2.75, 3.05) is 42.4 Å². The average molecular weight is 400 g/mol. The molecule has 11 heteroatoms. The van der Waals surface area contributed by atoms with Gasteiger partial charge in [-0.1, -0.05) is 0 Å². The number of cyclic esters (lactones) is 1. The number of halogens is 1. The number of nitrogens with zero attached hydrogens (tertiary/aromatic N) is 3. The SMILES string of the molecule is CC(=O)NC[C@H]1CN(c2ccc(N3CCCN(C)S3(=O)=O)c(F)c2)C(=O)O1. The van der Waals surface area contributed by atoms with Crippen LogP contribution in [0.5, 0.6) is 0 Å². The number of ether oxygens (including phenoxy) is 1. The Bertz CT molecular complexity index is 862. The molecule has 0 aliphatic carbocycles. The molecule has 2 saturated heterocycles. The van der Waals surface area contributed by atoms with Gasteiger partial charge in [0, 0.05) is 27.1 Å². The summed E-state index contributed by atoms with van der Waals surface area (Å²) < 4.78 is 46.8. The van der Waals surface area contributed by atoms with E-state index in [4.69, 9.17) is 4.74 Å². The van der Waals surface area contributed by atoms with Gasteiger partial charge in [0.1, 0.15) is 11.9 Å². The Balaban J connectivity index is 1.79. The second kappa shape index (κ2) is 7.31. The van der Waals surface area contributed by atoms with Gasteiger partial charge in [0.2, 0.25) is 5.91 Å². The third-order valence-electron chi connectivity index (χ3n) is 4.47. The minimum atomic E-state index is -3.76. The van der Waals surface area contributed by atoms with Crippen molar-refractivity contribution in [1.82, 2.24) is 9.62 Å². The zero-order chi connectivity index (χ0) is 19.8. The van der Waals surface area contributed by atoms with E-state index in [2.05, 4.69) is 5.32 Å². The Kier molecular flexibility index (Phi) is 5.24. The van der Waals surface area contributed by atoms with E-state index in [1.165, 1.54) is 35.3 Å². The highest BCUT2D eigenvalue weighted by atomic mass is 32.2. The second-order valence-corrected chi connectivity index (χ2v) is 8.40. The zero-order valence-corrected chi connectivity index (χ0v) is 15.8. The third-order valence-corrected chi connectivity index (χ3v) is 6.38. The van der Waals surface area contributed by atoms with Crippen molar-refractivity contribution in [2.45, 2.75) is 19.4 Å². The van der Waals surface area contributed by atoms with Crippen LogP contribution in [-0.2, 0) is 19.7 Å². The average Bonchev–Trinajstić information content (AvgIpc) is 2.97. The minimum absolute atomic E-state index is 0.0624. The Morgan fingerprint density at radius 3 is 2.78 bits per heavy atom. The molecule has 1 N–H and O–H groups in total. The van der Waals surface area contributed by atoms with Crippen LogP contribution in [0, 0.1) is 5.82 Å². The number of benzene rings is 1. The maximum Gasteiger partial charge on any atom is 0.414 e. The molecule has 1 aromatic carbocycles. The molecule has 2 aliphatic rings. The largest absolute Gasteiger partial charge is 0.442 e. The lowest BCUT2D eigenvalue weighted by Crippen LogP contribution is -2.48. The van der Waals surface area contributed by atoms with Crippen LogP contribution in [0.15, 0.2) is 18.2 Å². The maximum atomic E-state index is 14.7. The maximum absolute atomic E-state index is 14.7. The van der Waals surface area contributed by atoms with Gasteiger partial charge in [-0.05, 0) is 24.6 Å².